The van der Waals surface area contributed by atoms with E-state index in [9.17, 15) is 18.0 Å². The molecule has 0 aromatic carbocycles. The van der Waals surface area contributed by atoms with E-state index in [1.807, 2.05) is 33.9 Å². The summed E-state index contributed by atoms with van der Waals surface area (Å²) in [6, 6.07) is 4.29. The fourth-order valence-corrected chi connectivity index (χ4v) is 5.04. The number of carboxylic acid groups (broad SMARTS) is 1. The lowest BCUT2D eigenvalue weighted by Crippen LogP contribution is -2.49. The van der Waals surface area contributed by atoms with E-state index in [4.69, 9.17) is 25.9 Å². The Morgan fingerprint density at radius 2 is 1.91 bits per heavy atom. The predicted octanol–water partition coefficient (Wildman–Crippen LogP) is 6.12. The monoisotopic (exact) mass is 519 g/mol. The molecule has 34 heavy (non-hydrogen) atoms. The van der Waals surface area contributed by atoms with E-state index < -0.39 is 32.0 Å². The van der Waals surface area contributed by atoms with Gasteiger partial charge in [0.05, 0.1) is 23.7 Å². The maximum absolute atomic E-state index is 13.9. The first-order valence-corrected chi connectivity index (χ1v) is 14.2. The fraction of sp³-hybridized carbons (Fsp3) is 0.591. The molecule has 188 valence electrons. The molecule has 0 bridgehead atoms. The van der Waals surface area contributed by atoms with Crippen LogP contribution in [0.2, 0.25) is 23.3 Å². The van der Waals surface area contributed by atoms with Gasteiger partial charge in [0, 0.05) is 18.7 Å². The van der Waals surface area contributed by atoms with Crippen LogP contribution in [0.4, 0.5) is 13.2 Å². The third-order valence-electron chi connectivity index (χ3n) is 6.71. The van der Waals surface area contributed by atoms with Crippen molar-refractivity contribution in [2.24, 2.45) is 5.41 Å². The summed E-state index contributed by atoms with van der Waals surface area (Å²) < 4.78 is 54.9. The number of aromatic carboxylic acids is 1. The Bertz CT molecular complexity index is 1050. The van der Waals surface area contributed by atoms with E-state index in [2.05, 4.69) is 10.1 Å². The van der Waals surface area contributed by atoms with Crippen molar-refractivity contribution >= 4 is 25.9 Å². The molecule has 1 aliphatic carbocycles. The highest BCUT2D eigenvalue weighted by Gasteiger charge is 2.68. The average molecular weight is 520 g/mol. The van der Waals surface area contributed by atoms with Gasteiger partial charge < -0.3 is 14.3 Å². The molecule has 1 N–H and O–H groups in total. The molecular weight excluding hydrogens is 491 g/mol. The number of ether oxygens (including phenoxy) is 1. The predicted molar refractivity (Wildman–Crippen MR) is 123 cm³/mol. The Morgan fingerprint density at radius 3 is 2.41 bits per heavy atom. The van der Waals surface area contributed by atoms with Crippen molar-refractivity contribution < 1.29 is 32.2 Å². The third-order valence-corrected chi connectivity index (χ3v) is 11.5. The van der Waals surface area contributed by atoms with Gasteiger partial charge in [-0.05, 0) is 43.1 Å². The van der Waals surface area contributed by atoms with Crippen molar-refractivity contribution in [3.05, 3.63) is 35.1 Å². The van der Waals surface area contributed by atoms with Crippen LogP contribution in [-0.4, -0.2) is 53.0 Å². The molecule has 7 nitrogen and oxygen atoms in total. The lowest BCUT2D eigenvalue weighted by atomic mass is 9.96. The number of halogens is 4. The van der Waals surface area contributed by atoms with Crippen LogP contribution in [0.15, 0.2) is 24.4 Å². The summed E-state index contributed by atoms with van der Waals surface area (Å²) in [7, 11) is -2.44. The molecule has 0 saturated heterocycles. The van der Waals surface area contributed by atoms with Crippen LogP contribution in [0.25, 0.3) is 5.82 Å². The van der Waals surface area contributed by atoms with Gasteiger partial charge in [-0.25, -0.2) is 14.5 Å². The van der Waals surface area contributed by atoms with Gasteiger partial charge in [0.1, 0.15) is 5.15 Å². The summed E-state index contributed by atoms with van der Waals surface area (Å²) in [4.78, 5) is 15.1. The molecule has 3 rings (SSSR count). The Balaban J connectivity index is 1.70. The molecule has 1 saturated carbocycles. The molecule has 1 unspecified atom stereocenters. The zero-order chi connectivity index (χ0) is 25.5. The minimum absolute atomic E-state index is 0.000268. The maximum atomic E-state index is 13.9. The summed E-state index contributed by atoms with van der Waals surface area (Å²) in [5.74, 6) is -0.726. The molecule has 2 heterocycles. The molecule has 2 aromatic rings. The van der Waals surface area contributed by atoms with Gasteiger partial charge in [0.2, 0.25) is 5.88 Å². The molecule has 1 atom stereocenters. The molecule has 0 amide bonds. The van der Waals surface area contributed by atoms with Crippen molar-refractivity contribution in [2.45, 2.75) is 70.4 Å². The number of carbonyl (C=O) groups is 1. The largest absolute Gasteiger partial charge is 0.478 e. The van der Waals surface area contributed by atoms with Gasteiger partial charge in [0.25, 0.3) is 0 Å². The SMILES string of the molecule is CC(C)(C)[Si](C)(C)OC(CCOc1ccn(-c2ccc(C(=O)O)c(Cl)n2)n1)C1(C(F)(F)F)CC1. The smallest absolute Gasteiger partial charge is 0.396 e. The molecule has 1 fully saturated rings. The zero-order valence-electron chi connectivity index (χ0n) is 19.7. The highest BCUT2D eigenvalue weighted by molar-refractivity contribution is 6.74. The minimum Gasteiger partial charge on any atom is -0.478 e. The highest BCUT2D eigenvalue weighted by atomic mass is 35.5. The summed E-state index contributed by atoms with van der Waals surface area (Å²) in [5.41, 5.74) is -1.96. The molecule has 0 spiro atoms. The second-order valence-corrected chi connectivity index (χ2v) is 15.2. The Labute approximate surface area is 202 Å². The standard InChI is InChI=1S/C22H29ClF3N3O4Si/c1-20(2,3)34(4,5)33-15(21(10-11-21)22(24,25)26)9-13-32-17-8-12-29(28-17)16-7-6-14(19(30)31)18(23)27-16/h6-8,12,15H,9-11,13H2,1-5H3,(H,30,31). The number of nitrogens with zero attached hydrogens (tertiary/aromatic N) is 3. The van der Waals surface area contributed by atoms with Crippen LogP contribution in [0.1, 0.15) is 50.4 Å². The first-order valence-electron chi connectivity index (χ1n) is 10.9. The lowest BCUT2D eigenvalue weighted by Gasteiger charge is -2.42. The van der Waals surface area contributed by atoms with Gasteiger partial charge in [-0.15, -0.1) is 5.10 Å². The number of alkyl halides is 3. The number of carboxylic acids is 1. The number of rotatable bonds is 9. The zero-order valence-corrected chi connectivity index (χ0v) is 21.5. The van der Waals surface area contributed by atoms with Crippen molar-refractivity contribution in [1.82, 2.24) is 14.8 Å². The quantitative estimate of drug-likeness (QED) is 0.317. The normalized spacial score (nSPS) is 16.9. The molecule has 12 heteroatoms. The topological polar surface area (TPSA) is 86.5 Å². The van der Waals surface area contributed by atoms with Gasteiger partial charge in [-0.2, -0.15) is 13.2 Å². The Hall–Kier alpha value is -2.11. The second kappa shape index (κ2) is 9.16. The van der Waals surface area contributed by atoms with Crippen molar-refractivity contribution in [3.8, 4) is 11.7 Å². The summed E-state index contributed by atoms with van der Waals surface area (Å²) >= 11 is 5.90. The summed E-state index contributed by atoms with van der Waals surface area (Å²) in [6.07, 6.45) is -3.59. The van der Waals surface area contributed by atoms with E-state index in [0.717, 1.165) is 0 Å². The van der Waals surface area contributed by atoms with E-state index in [1.165, 1.54) is 23.0 Å². The molecule has 2 aromatic heterocycles. The van der Waals surface area contributed by atoms with Crippen LogP contribution < -0.4 is 4.74 Å². The third kappa shape index (κ3) is 5.41. The van der Waals surface area contributed by atoms with E-state index in [0.29, 0.717) is 0 Å². The van der Waals surface area contributed by atoms with Crippen molar-refractivity contribution in [1.29, 1.82) is 0 Å². The van der Waals surface area contributed by atoms with Crippen molar-refractivity contribution in [2.75, 3.05) is 6.61 Å². The molecule has 0 aliphatic heterocycles. The van der Waals surface area contributed by atoms with Crippen LogP contribution >= 0.6 is 11.6 Å². The van der Waals surface area contributed by atoms with Gasteiger partial charge in [0.15, 0.2) is 14.1 Å². The van der Waals surface area contributed by atoms with Crippen molar-refractivity contribution in [3.63, 3.8) is 0 Å². The number of hydrogen-bond donors (Lipinski definition) is 1. The lowest BCUT2D eigenvalue weighted by molar-refractivity contribution is -0.213. The first kappa shape index (κ1) is 26.5. The summed E-state index contributed by atoms with van der Waals surface area (Å²) in [6.45, 7) is 9.88. The summed E-state index contributed by atoms with van der Waals surface area (Å²) in [5, 5.41) is 12.8. The first-order chi connectivity index (χ1) is 15.6. The van der Waals surface area contributed by atoms with Crippen LogP contribution in [0.3, 0.4) is 0 Å². The molecule has 1 aliphatic rings. The minimum atomic E-state index is -4.34. The molecule has 0 radical (unpaired) electrons. The number of pyridine rings is 1. The van der Waals surface area contributed by atoms with Crippen LogP contribution in [-0.2, 0) is 4.43 Å². The average Bonchev–Trinajstić information content (AvgIpc) is 3.39. The van der Waals surface area contributed by atoms with E-state index in [-0.39, 0.29) is 53.3 Å². The second-order valence-electron chi connectivity index (χ2n) is 10.1. The Kier molecular flexibility index (Phi) is 7.14. The van der Waals surface area contributed by atoms with Crippen LogP contribution in [0.5, 0.6) is 5.88 Å². The number of hydrogen-bond acceptors (Lipinski definition) is 5. The number of aromatic nitrogens is 3. The van der Waals surface area contributed by atoms with Gasteiger partial charge in [-0.3, -0.25) is 0 Å². The van der Waals surface area contributed by atoms with E-state index >= 15 is 0 Å². The highest BCUT2D eigenvalue weighted by Crippen LogP contribution is 2.62. The Morgan fingerprint density at radius 1 is 1.26 bits per heavy atom. The van der Waals surface area contributed by atoms with Gasteiger partial charge >= 0.3 is 12.1 Å². The van der Waals surface area contributed by atoms with Crippen LogP contribution in [0, 0.1) is 5.41 Å². The maximum Gasteiger partial charge on any atom is 0.396 e. The van der Waals surface area contributed by atoms with Gasteiger partial charge in [-0.1, -0.05) is 32.4 Å². The van der Waals surface area contributed by atoms with E-state index in [1.54, 1.807) is 6.07 Å². The fourth-order valence-electron chi connectivity index (χ4n) is 3.40. The molecular formula is C22H29ClF3N3O4Si.